The number of benzene rings is 1. The normalized spacial score (nSPS) is 14.3. The number of anilines is 1. The van der Waals surface area contributed by atoms with Crippen molar-refractivity contribution >= 4 is 29.5 Å². The highest BCUT2D eigenvalue weighted by Gasteiger charge is 2.16. The minimum atomic E-state index is -0.296. The zero-order valence-electron chi connectivity index (χ0n) is 17.7. The van der Waals surface area contributed by atoms with Gasteiger partial charge in [-0.15, -0.1) is 0 Å². The Labute approximate surface area is 190 Å². The third-order valence-corrected chi connectivity index (χ3v) is 6.05. The van der Waals surface area contributed by atoms with Crippen LogP contribution < -0.4 is 10.5 Å². The molecule has 1 fully saturated rings. The van der Waals surface area contributed by atoms with Crippen LogP contribution in [0.2, 0.25) is 0 Å². The van der Waals surface area contributed by atoms with Crippen LogP contribution in [0.25, 0.3) is 22.2 Å². The second-order valence-electron chi connectivity index (χ2n) is 8.07. The van der Waals surface area contributed by atoms with Gasteiger partial charge in [0.05, 0.1) is 31.6 Å². The van der Waals surface area contributed by atoms with Crippen molar-refractivity contribution in [1.82, 2.24) is 13.5 Å². The van der Waals surface area contributed by atoms with Crippen molar-refractivity contribution in [3.8, 4) is 11.1 Å². The molecule has 0 spiro atoms. The number of halogens is 1. The molecule has 1 saturated heterocycles. The van der Waals surface area contributed by atoms with E-state index in [1.165, 1.54) is 12.1 Å². The van der Waals surface area contributed by atoms with E-state index in [0.29, 0.717) is 19.8 Å². The molecule has 5 rings (SSSR count). The van der Waals surface area contributed by atoms with E-state index in [0.717, 1.165) is 52.1 Å². The Balaban J connectivity index is 1.50. The Morgan fingerprint density at radius 3 is 2.72 bits per heavy atom. The first-order valence-corrected chi connectivity index (χ1v) is 10.9. The molecule has 0 N–H and O–H groups in total. The minimum absolute atomic E-state index is 0.151. The lowest BCUT2D eigenvalue weighted by molar-refractivity contribution is 0.122. The number of nitrogens with zero attached hydrogens (tertiary/aromatic N) is 4. The standard InChI is InChI=1S/C24H23FN4O2S/c1-16-8-17(10-19(25)9-16)14-28-3-2-18(11-23(28)30)22-15-29(32)24-21(22)12-20(13-26-24)27-4-6-31-7-5-27/h2-3,8-13,15,32H,4-7,14H2,1H3. The molecule has 4 heterocycles. The van der Waals surface area contributed by atoms with Gasteiger partial charge in [-0.05, 0) is 47.9 Å². The SMILES string of the molecule is Cc1cc(F)cc(Cn2ccc(-c3cn(S)c4ncc(N5CCOCC5)cc34)cc2=O)c1. The van der Waals surface area contributed by atoms with Crippen LogP contribution in [-0.4, -0.2) is 39.8 Å². The van der Waals surface area contributed by atoms with Gasteiger partial charge >= 0.3 is 0 Å². The maximum atomic E-state index is 13.7. The first-order valence-electron chi connectivity index (χ1n) is 10.5. The number of aromatic nitrogens is 3. The average molecular weight is 451 g/mol. The first kappa shape index (κ1) is 20.8. The zero-order chi connectivity index (χ0) is 22.2. The van der Waals surface area contributed by atoms with Crippen molar-refractivity contribution < 1.29 is 9.13 Å². The van der Waals surface area contributed by atoms with Gasteiger partial charge in [-0.3, -0.25) is 8.77 Å². The number of fused-ring (bicyclic) bond motifs is 1. The van der Waals surface area contributed by atoms with Gasteiger partial charge in [0, 0.05) is 42.5 Å². The Kier molecular flexibility index (Phi) is 5.48. The van der Waals surface area contributed by atoms with Crippen molar-refractivity contribution in [3.05, 3.63) is 82.3 Å². The van der Waals surface area contributed by atoms with Crippen LogP contribution in [0, 0.1) is 12.7 Å². The van der Waals surface area contributed by atoms with Crippen molar-refractivity contribution in [2.24, 2.45) is 0 Å². The third kappa shape index (κ3) is 4.03. The Hall–Kier alpha value is -3.10. The molecule has 164 valence electrons. The summed E-state index contributed by atoms with van der Waals surface area (Å²) in [5.41, 5.74) is 4.88. The summed E-state index contributed by atoms with van der Waals surface area (Å²) in [6, 6.07) is 10.4. The second-order valence-corrected chi connectivity index (χ2v) is 8.50. The molecule has 32 heavy (non-hydrogen) atoms. The van der Waals surface area contributed by atoms with Crippen molar-refractivity contribution in [2.45, 2.75) is 13.5 Å². The molecule has 1 aliphatic heterocycles. The number of pyridine rings is 2. The predicted octanol–water partition coefficient (Wildman–Crippen LogP) is 3.89. The van der Waals surface area contributed by atoms with Gasteiger partial charge in [-0.2, -0.15) is 0 Å². The molecular weight excluding hydrogens is 427 g/mol. The molecule has 1 aliphatic rings. The van der Waals surface area contributed by atoms with Crippen LogP contribution in [0.15, 0.2) is 59.8 Å². The molecule has 0 aliphatic carbocycles. The fourth-order valence-corrected chi connectivity index (χ4v) is 4.49. The fraction of sp³-hybridized carbons (Fsp3) is 0.250. The third-order valence-electron chi connectivity index (χ3n) is 5.75. The van der Waals surface area contributed by atoms with Gasteiger partial charge in [-0.1, -0.05) is 18.9 Å². The van der Waals surface area contributed by atoms with E-state index in [-0.39, 0.29) is 11.4 Å². The molecule has 0 radical (unpaired) electrons. The molecule has 0 saturated carbocycles. The number of aryl methyl sites for hydroxylation is 1. The topological polar surface area (TPSA) is 52.3 Å². The number of thiol groups is 1. The van der Waals surface area contributed by atoms with Gasteiger partial charge in [-0.25, -0.2) is 9.37 Å². The van der Waals surface area contributed by atoms with Gasteiger partial charge in [0.2, 0.25) is 0 Å². The minimum Gasteiger partial charge on any atom is -0.378 e. The molecule has 3 aromatic heterocycles. The summed E-state index contributed by atoms with van der Waals surface area (Å²) in [4.78, 5) is 19.7. The number of hydrogen-bond acceptors (Lipinski definition) is 5. The fourth-order valence-electron chi connectivity index (χ4n) is 4.21. The summed E-state index contributed by atoms with van der Waals surface area (Å²) in [7, 11) is 0. The lowest BCUT2D eigenvalue weighted by Crippen LogP contribution is -2.36. The summed E-state index contributed by atoms with van der Waals surface area (Å²) in [6.45, 7) is 5.18. The van der Waals surface area contributed by atoms with E-state index in [1.54, 1.807) is 20.8 Å². The van der Waals surface area contributed by atoms with Gasteiger partial charge in [0.15, 0.2) is 5.65 Å². The quantitative estimate of drug-likeness (QED) is 0.480. The Morgan fingerprint density at radius 1 is 1.16 bits per heavy atom. The highest BCUT2D eigenvalue weighted by molar-refractivity contribution is 7.78. The summed E-state index contributed by atoms with van der Waals surface area (Å²) >= 11 is 4.52. The van der Waals surface area contributed by atoms with Crippen LogP contribution in [0.1, 0.15) is 11.1 Å². The first-order chi connectivity index (χ1) is 15.5. The predicted molar refractivity (Wildman–Crippen MR) is 127 cm³/mol. The number of ether oxygens (including phenoxy) is 1. The number of hydrogen-bond donors (Lipinski definition) is 1. The summed E-state index contributed by atoms with van der Waals surface area (Å²) < 4.78 is 22.4. The smallest absolute Gasteiger partial charge is 0.251 e. The summed E-state index contributed by atoms with van der Waals surface area (Å²) in [5.74, 6) is -0.296. The Bertz CT molecular complexity index is 1340. The van der Waals surface area contributed by atoms with E-state index >= 15 is 0 Å². The van der Waals surface area contributed by atoms with Gasteiger partial charge in [0.1, 0.15) is 5.82 Å². The monoisotopic (exact) mass is 450 g/mol. The number of rotatable bonds is 4. The molecule has 1 aromatic carbocycles. The zero-order valence-corrected chi connectivity index (χ0v) is 18.6. The Morgan fingerprint density at radius 2 is 1.97 bits per heavy atom. The van der Waals surface area contributed by atoms with Crippen LogP contribution in [0.3, 0.4) is 0 Å². The molecule has 8 heteroatoms. The highest BCUT2D eigenvalue weighted by atomic mass is 32.1. The van der Waals surface area contributed by atoms with E-state index in [4.69, 9.17) is 4.74 Å². The highest BCUT2D eigenvalue weighted by Crippen LogP contribution is 2.32. The molecule has 0 bridgehead atoms. The summed E-state index contributed by atoms with van der Waals surface area (Å²) in [6.07, 6.45) is 5.47. The maximum Gasteiger partial charge on any atom is 0.251 e. The van der Waals surface area contributed by atoms with Crippen LogP contribution in [0.5, 0.6) is 0 Å². The van der Waals surface area contributed by atoms with E-state index in [1.807, 2.05) is 31.5 Å². The van der Waals surface area contributed by atoms with E-state index in [2.05, 4.69) is 28.8 Å². The van der Waals surface area contributed by atoms with Crippen molar-refractivity contribution in [3.63, 3.8) is 0 Å². The largest absolute Gasteiger partial charge is 0.378 e. The molecule has 0 amide bonds. The van der Waals surface area contributed by atoms with Gasteiger partial charge in [0.25, 0.3) is 5.56 Å². The molecule has 0 atom stereocenters. The van der Waals surface area contributed by atoms with Crippen LogP contribution >= 0.6 is 12.8 Å². The van der Waals surface area contributed by atoms with E-state index < -0.39 is 0 Å². The van der Waals surface area contributed by atoms with Crippen LogP contribution in [-0.2, 0) is 11.3 Å². The number of morpholine rings is 1. The molecular formula is C24H23FN4O2S. The summed E-state index contributed by atoms with van der Waals surface area (Å²) in [5, 5.41) is 0.932. The lowest BCUT2D eigenvalue weighted by atomic mass is 10.1. The molecule has 4 aromatic rings. The van der Waals surface area contributed by atoms with Crippen molar-refractivity contribution in [1.29, 1.82) is 0 Å². The van der Waals surface area contributed by atoms with Crippen molar-refractivity contribution in [2.75, 3.05) is 31.2 Å². The average Bonchev–Trinajstić information content (AvgIpc) is 3.11. The maximum absolute atomic E-state index is 13.7. The van der Waals surface area contributed by atoms with E-state index in [9.17, 15) is 9.18 Å². The van der Waals surface area contributed by atoms with Gasteiger partial charge < -0.3 is 14.2 Å². The molecule has 6 nitrogen and oxygen atoms in total. The molecule has 0 unspecified atom stereocenters. The lowest BCUT2D eigenvalue weighted by Gasteiger charge is -2.28. The van der Waals surface area contributed by atoms with Crippen LogP contribution in [0.4, 0.5) is 10.1 Å². The second kappa shape index (κ2) is 8.44.